The molecule has 10 nitrogen and oxygen atoms in total. The van der Waals surface area contributed by atoms with E-state index in [0.29, 0.717) is 43.8 Å². The molecule has 1 aliphatic heterocycles. The molecule has 0 unspecified atom stereocenters. The van der Waals surface area contributed by atoms with Gasteiger partial charge in [-0.1, -0.05) is 24.6 Å². The lowest BCUT2D eigenvalue weighted by Gasteiger charge is -2.07. The Morgan fingerprint density at radius 3 is 2.67 bits per heavy atom. The van der Waals surface area contributed by atoms with Crippen molar-refractivity contribution in [3.63, 3.8) is 0 Å². The molecule has 3 rings (SSSR count). The summed E-state index contributed by atoms with van der Waals surface area (Å²) >= 11 is 1.48. The van der Waals surface area contributed by atoms with E-state index in [1.165, 1.54) is 17.4 Å². The highest BCUT2D eigenvalue weighted by molar-refractivity contribution is 7.90. The van der Waals surface area contributed by atoms with E-state index in [2.05, 4.69) is 20.3 Å². The van der Waals surface area contributed by atoms with E-state index >= 15 is 0 Å². The number of thiophene rings is 1. The van der Waals surface area contributed by atoms with Gasteiger partial charge in [-0.05, 0) is 36.4 Å². The number of fused-ring (bicyclic) bond motifs is 1. The Balaban J connectivity index is 1.26. The van der Waals surface area contributed by atoms with Crippen LogP contribution in [-0.2, 0) is 30.9 Å². The number of esters is 1. The fraction of sp³-hybridized carbons (Fsp3) is 0.333. The number of benzene rings is 1. The number of amides is 3. The molecule has 2 aromatic rings. The summed E-state index contributed by atoms with van der Waals surface area (Å²) in [6.45, 7) is 0.184. The van der Waals surface area contributed by atoms with Crippen LogP contribution in [-0.4, -0.2) is 45.3 Å². The van der Waals surface area contributed by atoms with Crippen LogP contribution in [0.1, 0.15) is 36.1 Å². The van der Waals surface area contributed by atoms with Gasteiger partial charge in [0.15, 0.2) is 6.61 Å². The molecule has 0 saturated carbocycles. The number of sulfonamides is 1. The number of imide groups is 1. The highest BCUT2D eigenvalue weighted by atomic mass is 32.2. The maximum atomic E-state index is 12.0. The van der Waals surface area contributed by atoms with Crippen molar-refractivity contribution in [1.29, 1.82) is 0 Å². The Morgan fingerprint density at radius 1 is 1.06 bits per heavy atom. The molecule has 0 fully saturated rings. The van der Waals surface area contributed by atoms with Crippen LogP contribution in [0, 0.1) is 0 Å². The minimum Gasteiger partial charge on any atom is -0.456 e. The number of urea groups is 1. The quantitative estimate of drug-likeness (QED) is 0.342. The van der Waals surface area contributed by atoms with E-state index in [1.807, 2.05) is 17.5 Å². The molecule has 2 heterocycles. The number of hydrogen-bond acceptors (Lipinski definition) is 8. The Hall–Kier alpha value is -3.25. The van der Waals surface area contributed by atoms with Crippen LogP contribution in [0.2, 0.25) is 0 Å². The maximum Gasteiger partial charge on any atom is 0.321 e. The number of nitrogens with zero attached hydrogens (tertiary/aromatic N) is 1. The number of ether oxygens (including phenoxy) is 1. The number of unbranched alkanes of at least 4 members (excludes halogenated alkanes) is 2. The lowest BCUT2D eigenvalue weighted by molar-refractivity contribution is -0.148. The Morgan fingerprint density at radius 2 is 1.88 bits per heavy atom. The first-order valence-electron chi connectivity index (χ1n) is 10.3. The highest BCUT2D eigenvalue weighted by Gasteiger charge is 2.29. The zero-order valence-corrected chi connectivity index (χ0v) is 19.3. The van der Waals surface area contributed by atoms with E-state index in [1.54, 1.807) is 18.2 Å². The normalized spacial score (nSPS) is 14.8. The van der Waals surface area contributed by atoms with Crippen molar-refractivity contribution in [3.8, 4) is 0 Å². The van der Waals surface area contributed by atoms with Crippen LogP contribution in [0.15, 0.2) is 51.7 Å². The van der Waals surface area contributed by atoms with Gasteiger partial charge < -0.3 is 10.1 Å². The fourth-order valence-corrected chi connectivity index (χ4v) is 4.90. The zero-order valence-electron chi connectivity index (χ0n) is 17.7. The van der Waals surface area contributed by atoms with Gasteiger partial charge in [0.2, 0.25) is 0 Å². The molecule has 0 aliphatic carbocycles. The topological polar surface area (TPSA) is 143 Å². The standard InChI is InChI=1S/C21H24N4O6S2/c26-18(24-21(28)23-13-15-7-6-12-32-15)14-31-19(27)10-2-1-5-11-22-20-16-8-3-4-9-17(16)33(29,30)25-20/h3-4,6-9,12H,1-2,5,10-11,13-14H2,(H,22,25)(H2,23,24,26,28). The molecule has 0 spiro atoms. The van der Waals surface area contributed by atoms with Crippen molar-refractivity contribution in [3.05, 3.63) is 52.2 Å². The summed E-state index contributed by atoms with van der Waals surface area (Å²) in [6, 6.07) is 9.70. The Labute approximate surface area is 195 Å². The van der Waals surface area contributed by atoms with Crippen LogP contribution < -0.4 is 15.4 Å². The summed E-state index contributed by atoms with van der Waals surface area (Å²) < 4.78 is 31.4. The zero-order chi connectivity index (χ0) is 23.7. The lowest BCUT2D eigenvalue weighted by Crippen LogP contribution is -2.41. The van der Waals surface area contributed by atoms with E-state index in [-0.39, 0.29) is 11.3 Å². The predicted molar refractivity (Wildman–Crippen MR) is 122 cm³/mol. The average Bonchev–Trinajstić information content (AvgIpc) is 3.39. The van der Waals surface area contributed by atoms with E-state index in [0.717, 1.165) is 4.88 Å². The Bertz CT molecular complexity index is 1130. The minimum absolute atomic E-state index is 0.129. The summed E-state index contributed by atoms with van der Waals surface area (Å²) in [6.07, 6.45) is 2.00. The van der Waals surface area contributed by atoms with Crippen molar-refractivity contribution in [2.45, 2.75) is 37.1 Å². The largest absolute Gasteiger partial charge is 0.456 e. The molecule has 0 bridgehead atoms. The molecule has 0 atom stereocenters. The molecule has 12 heteroatoms. The van der Waals surface area contributed by atoms with Gasteiger partial charge in [-0.15, -0.1) is 11.3 Å². The molecule has 1 aromatic heterocycles. The van der Waals surface area contributed by atoms with Gasteiger partial charge in [0.05, 0.1) is 11.4 Å². The van der Waals surface area contributed by atoms with Gasteiger partial charge in [0.25, 0.3) is 15.9 Å². The second-order valence-electron chi connectivity index (χ2n) is 7.11. The molecule has 3 amide bonds. The van der Waals surface area contributed by atoms with Crippen LogP contribution in [0.4, 0.5) is 4.79 Å². The third-order valence-electron chi connectivity index (χ3n) is 4.59. The third kappa shape index (κ3) is 7.39. The van der Waals surface area contributed by atoms with Gasteiger partial charge in [0, 0.05) is 23.4 Å². The first-order chi connectivity index (χ1) is 15.8. The van der Waals surface area contributed by atoms with E-state index in [9.17, 15) is 22.8 Å². The smallest absolute Gasteiger partial charge is 0.321 e. The van der Waals surface area contributed by atoms with Gasteiger partial charge in [-0.2, -0.15) is 0 Å². The number of aliphatic imine (C=N–C) groups is 1. The molecule has 1 aromatic carbocycles. The summed E-state index contributed by atoms with van der Waals surface area (Å²) in [5, 5.41) is 6.52. The van der Waals surface area contributed by atoms with Gasteiger partial charge in [0.1, 0.15) is 5.84 Å². The molecule has 0 radical (unpaired) electrons. The van der Waals surface area contributed by atoms with Gasteiger partial charge in [-0.25, -0.2) is 13.2 Å². The number of carbonyl (C=O) groups is 3. The molecule has 1 aliphatic rings. The number of nitrogens with one attached hydrogen (secondary N) is 3. The first kappa shape index (κ1) is 24.4. The van der Waals surface area contributed by atoms with Crippen LogP contribution in [0.5, 0.6) is 0 Å². The summed E-state index contributed by atoms with van der Waals surface area (Å²) in [7, 11) is -3.55. The SMILES string of the molecule is O=C(COC(=O)CCCCCN=C1NS(=O)(=O)c2ccccc21)NC(=O)NCc1cccs1. The summed E-state index contributed by atoms with van der Waals surface area (Å²) in [5.74, 6) is -0.912. The number of carbonyl (C=O) groups excluding carboxylic acids is 3. The molecule has 33 heavy (non-hydrogen) atoms. The second-order valence-corrected chi connectivity index (χ2v) is 9.80. The molecule has 176 valence electrons. The van der Waals surface area contributed by atoms with Crippen LogP contribution >= 0.6 is 11.3 Å². The molecule has 0 saturated heterocycles. The number of amidine groups is 1. The molecular weight excluding hydrogens is 468 g/mol. The van der Waals surface area contributed by atoms with Crippen molar-refractivity contribution in [2.75, 3.05) is 13.2 Å². The molecule has 3 N–H and O–H groups in total. The second kappa shape index (κ2) is 11.6. The Kier molecular flexibility index (Phi) is 8.55. The average molecular weight is 493 g/mol. The lowest BCUT2D eigenvalue weighted by atomic mass is 10.2. The van der Waals surface area contributed by atoms with Crippen LogP contribution in [0.25, 0.3) is 0 Å². The third-order valence-corrected chi connectivity index (χ3v) is 6.87. The monoisotopic (exact) mass is 492 g/mol. The first-order valence-corrected chi connectivity index (χ1v) is 12.6. The van der Waals surface area contributed by atoms with Gasteiger partial charge in [-0.3, -0.25) is 24.6 Å². The predicted octanol–water partition coefficient (Wildman–Crippen LogP) is 1.92. The van der Waals surface area contributed by atoms with Crippen molar-refractivity contribution in [1.82, 2.24) is 15.4 Å². The summed E-state index contributed by atoms with van der Waals surface area (Å²) in [4.78, 5) is 40.6. The fourth-order valence-electron chi connectivity index (χ4n) is 3.01. The maximum absolute atomic E-state index is 12.0. The number of hydrogen-bond donors (Lipinski definition) is 3. The minimum atomic E-state index is -3.55. The molecular formula is C21H24N4O6S2. The van der Waals surface area contributed by atoms with Crippen molar-refractivity contribution < 1.29 is 27.5 Å². The van der Waals surface area contributed by atoms with Gasteiger partial charge >= 0.3 is 12.0 Å². The number of rotatable bonds is 10. The van der Waals surface area contributed by atoms with Crippen molar-refractivity contribution in [2.24, 2.45) is 4.99 Å². The van der Waals surface area contributed by atoms with Crippen molar-refractivity contribution >= 4 is 45.1 Å². The van der Waals surface area contributed by atoms with E-state index in [4.69, 9.17) is 4.74 Å². The summed E-state index contributed by atoms with van der Waals surface area (Å²) in [5.41, 5.74) is 0.555. The highest BCUT2D eigenvalue weighted by Crippen LogP contribution is 2.22. The van der Waals surface area contributed by atoms with Crippen LogP contribution in [0.3, 0.4) is 0 Å². The van der Waals surface area contributed by atoms with E-state index < -0.39 is 34.5 Å².